The molecule has 0 radical (unpaired) electrons. The third-order valence-corrected chi connectivity index (χ3v) is 5.26. The highest BCUT2D eigenvalue weighted by molar-refractivity contribution is 6.30. The Kier molecular flexibility index (Phi) is 8.15. The lowest BCUT2D eigenvalue weighted by Gasteiger charge is -2.27. The fourth-order valence-corrected chi connectivity index (χ4v) is 3.54. The lowest BCUT2D eigenvalue weighted by molar-refractivity contribution is -0.140. The Hall–Kier alpha value is -2.24. The first-order valence-corrected chi connectivity index (χ1v) is 9.54. The summed E-state index contributed by atoms with van der Waals surface area (Å²) in [4.78, 5) is 12.4. The van der Waals surface area contributed by atoms with Gasteiger partial charge in [-0.25, -0.2) is 0 Å². The molecule has 0 spiro atoms. The van der Waals surface area contributed by atoms with Crippen molar-refractivity contribution in [2.24, 2.45) is 17.6 Å². The molecular weight excluding hydrogens is 397 g/mol. The Morgan fingerprint density at radius 2 is 1.57 bits per heavy atom. The van der Waals surface area contributed by atoms with Crippen LogP contribution in [0.5, 0.6) is 5.75 Å². The lowest BCUT2D eigenvalue weighted by atomic mass is 9.82. The molecule has 2 aromatic rings. The third-order valence-electron chi connectivity index (χ3n) is 5.01. The summed E-state index contributed by atoms with van der Waals surface area (Å²) in [7, 11) is 0. The highest BCUT2D eigenvalue weighted by Crippen LogP contribution is 2.30. The second-order valence-electron chi connectivity index (χ2n) is 6.96. The molecule has 0 heterocycles. The Morgan fingerprint density at radius 1 is 1.04 bits per heavy atom. The summed E-state index contributed by atoms with van der Waals surface area (Å²) in [5, 5.41) is 10.8. The number of esters is 1. The minimum absolute atomic E-state index is 0. The van der Waals surface area contributed by atoms with Crippen LogP contribution in [0.2, 0.25) is 5.02 Å². The van der Waals surface area contributed by atoms with Gasteiger partial charge in [0, 0.05) is 11.6 Å². The Bertz CT molecular complexity index is 786. The third kappa shape index (κ3) is 6.14. The summed E-state index contributed by atoms with van der Waals surface area (Å²) in [6, 6.07) is 15.2. The predicted octanol–water partition coefficient (Wildman–Crippen LogP) is 4.62. The van der Waals surface area contributed by atoms with Crippen molar-refractivity contribution in [3.8, 4) is 16.9 Å². The van der Waals surface area contributed by atoms with Crippen LogP contribution in [-0.2, 0) is 4.79 Å². The molecule has 4 N–H and O–H groups in total. The van der Waals surface area contributed by atoms with Gasteiger partial charge >= 0.3 is 5.97 Å². The molecule has 3 rings (SSSR count). The van der Waals surface area contributed by atoms with Crippen molar-refractivity contribution in [1.82, 2.24) is 5.32 Å². The average molecular weight is 422 g/mol. The second kappa shape index (κ2) is 10.3. The summed E-state index contributed by atoms with van der Waals surface area (Å²) < 4.78 is 5.57. The van der Waals surface area contributed by atoms with Gasteiger partial charge < -0.3 is 15.8 Å². The number of hydrogen-bond donors (Lipinski definition) is 3. The SMILES string of the molecule is Cl.N=C(N)NC[C@H]1CC[C@H](C(=O)Oc2ccc(-c3ccc(Cl)cc3)cc2)CC1. The molecule has 1 aliphatic carbocycles. The van der Waals surface area contributed by atoms with E-state index in [2.05, 4.69) is 5.32 Å². The molecule has 0 bridgehead atoms. The molecule has 0 unspecified atom stereocenters. The van der Waals surface area contributed by atoms with Gasteiger partial charge in [-0.05, 0) is 67.0 Å². The maximum Gasteiger partial charge on any atom is 0.314 e. The Labute approximate surface area is 176 Å². The van der Waals surface area contributed by atoms with Gasteiger partial charge in [-0.1, -0.05) is 35.9 Å². The van der Waals surface area contributed by atoms with E-state index in [-0.39, 0.29) is 30.3 Å². The topological polar surface area (TPSA) is 88.2 Å². The molecule has 1 saturated carbocycles. The van der Waals surface area contributed by atoms with Crippen LogP contribution in [0.25, 0.3) is 11.1 Å². The van der Waals surface area contributed by atoms with Crippen LogP contribution in [0, 0.1) is 17.2 Å². The van der Waals surface area contributed by atoms with Crippen LogP contribution in [0.15, 0.2) is 48.5 Å². The Balaban J connectivity index is 0.00000280. The maximum absolute atomic E-state index is 12.4. The molecule has 150 valence electrons. The van der Waals surface area contributed by atoms with Gasteiger partial charge in [-0.3, -0.25) is 10.2 Å². The number of benzene rings is 2. The van der Waals surface area contributed by atoms with Crippen LogP contribution in [0.1, 0.15) is 25.7 Å². The first-order valence-electron chi connectivity index (χ1n) is 9.17. The number of nitrogens with two attached hydrogens (primary N) is 1. The molecule has 7 heteroatoms. The van der Waals surface area contributed by atoms with Crippen LogP contribution in [-0.4, -0.2) is 18.5 Å². The highest BCUT2D eigenvalue weighted by atomic mass is 35.5. The predicted molar refractivity (Wildman–Crippen MR) is 115 cm³/mol. The highest BCUT2D eigenvalue weighted by Gasteiger charge is 2.27. The van der Waals surface area contributed by atoms with E-state index in [9.17, 15) is 4.79 Å². The number of halogens is 2. The monoisotopic (exact) mass is 421 g/mol. The largest absolute Gasteiger partial charge is 0.426 e. The number of hydrogen-bond acceptors (Lipinski definition) is 3. The molecule has 1 fully saturated rings. The zero-order chi connectivity index (χ0) is 19.2. The quantitative estimate of drug-likeness (QED) is 0.284. The second-order valence-corrected chi connectivity index (χ2v) is 7.40. The zero-order valence-electron chi connectivity index (χ0n) is 15.5. The fraction of sp³-hybridized carbons (Fsp3) is 0.333. The summed E-state index contributed by atoms with van der Waals surface area (Å²) in [6.07, 6.45) is 3.50. The van der Waals surface area contributed by atoms with Gasteiger partial charge in [0.1, 0.15) is 5.75 Å². The summed E-state index contributed by atoms with van der Waals surface area (Å²) in [5.41, 5.74) is 7.43. The molecule has 28 heavy (non-hydrogen) atoms. The summed E-state index contributed by atoms with van der Waals surface area (Å²) in [5.74, 6) is 0.801. The van der Waals surface area contributed by atoms with Gasteiger partial charge in [0.25, 0.3) is 0 Å². The van der Waals surface area contributed by atoms with E-state index in [0.717, 1.165) is 36.8 Å². The molecule has 0 aliphatic heterocycles. The van der Waals surface area contributed by atoms with E-state index < -0.39 is 0 Å². The average Bonchev–Trinajstić information content (AvgIpc) is 2.68. The Morgan fingerprint density at radius 3 is 2.11 bits per heavy atom. The van der Waals surface area contributed by atoms with Gasteiger partial charge in [0.05, 0.1) is 5.92 Å². The molecule has 2 aromatic carbocycles. The number of rotatable bonds is 5. The molecular formula is C21H25Cl2N3O2. The molecule has 1 aliphatic rings. The molecule has 0 amide bonds. The lowest BCUT2D eigenvalue weighted by Crippen LogP contribution is -2.36. The van der Waals surface area contributed by atoms with Gasteiger partial charge in [-0.15, -0.1) is 12.4 Å². The van der Waals surface area contributed by atoms with Crippen LogP contribution < -0.4 is 15.8 Å². The van der Waals surface area contributed by atoms with E-state index in [1.54, 1.807) is 0 Å². The van der Waals surface area contributed by atoms with Gasteiger partial charge in [-0.2, -0.15) is 0 Å². The smallest absolute Gasteiger partial charge is 0.314 e. The maximum atomic E-state index is 12.4. The number of guanidine groups is 1. The van der Waals surface area contributed by atoms with Crippen molar-refractivity contribution < 1.29 is 9.53 Å². The first kappa shape index (κ1) is 22.1. The van der Waals surface area contributed by atoms with Crippen molar-refractivity contribution in [2.45, 2.75) is 25.7 Å². The van der Waals surface area contributed by atoms with Crippen molar-refractivity contribution in [3.05, 3.63) is 53.6 Å². The standard InChI is InChI=1S/C21H24ClN3O2.ClH/c22-18-9-5-15(6-10-18)16-7-11-19(12-8-16)27-20(26)17-3-1-14(2-4-17)13-25-21(23)24;/h5-12,14,17H,1-4,13H2,(H4,23,24,25);1H/t14-,17-;. The fourth-order valence-electron chi connectivity index (χ4n) is 3.41. The van der Waals surface area contributed by atoms with Gasteiger partial charge in [0.15, 0.2) is 5.96 Å². The van der Waals surface area contributed by atoms with Gasteiger partial charge in [0.2, 0.25) is 0 Å². The van der Waals surface area contributed by atoms with Crippen LogP contribution in [0.4, 0.5) is 0 Å². The number of ether oxygens (including phenoxy) is 1. The van der Waals surface area contributed by atoms with Crippen LogP contribution >= 0.6 is 24.0 Å². The summed E-state index contributed by atoms with van der Waals surface area (Å²) in [6.45, 7) is 0.698. The number of carbonyl (C=O) groups excluding carboxylic acids is 1. The van der Waals surface area contributed by atoms with Crippen LogP contribution in [0.3, 0.4) is 0 Å². The number of nitrogens with one attached hydrogen (secondary N) is 2. The minimum Gasteiger partial charge on any atom is -0.426 e. The minimum atomic E-state index is -0.160. The van der Waals surface area contributed by atoms with E-state index >= 15 is 0 Å². The van der Waals surface area contributed by atoms with Crippen molar-refractivity contribution >= 4 is 35.9 Å². The molecule has 0 saturated heterocycles. The van der Waals surface area contributed by atoms with Crippen molar-refractivity contribution in [3.63, 3.8) is 0 Å². The first-order chi connectivity index (χ1) is 13.0. The molecule has 5 nitrogen and oxygen atoms in total. The van der Waals surface area contributed by atoms with Crippen molar-refractivity contribution in [1.29, 1.82) is 5.41 Å². The van der Waals surface area contributed by atoms with E-state index in [4.69, 9.17) is 27.5 Å². The van der Waals surface area contributed by atoms with E-state index in [1.807, 2.05) is 48.5 Å². The molecule has 0 atom stereocenters. The summed E-state index contributed by atoms with van der Waals surface area (Å²) >= 11 is 5.92. The molecule has 0 aromatic heterocycles. The normalized spacial score (nSPS) is 18.6. The van der Waals surface area contributed by atoms with Crippen molar-refractivity contribution in [2.75, 3.05) is 6.54 Å². The number of carbonyl (C=O) groups is 1. The zero-order valence-corrected chi connectivity index (χ0v) is 17.1. The van der Waals surface area contributed by atoms with E-state index in [1.165, 1.54) is 0 Å². The van der Waals surface area contributed by atoms with E-state index in [0.29, 0.717) is 23.2 Å².